The number of aromatic nitrogens is 2. The van der Waals surface area contributed by atoms with Gasteiger partial charge in [-0.25, -0.2) is 0 Å². The predicted molar refractivity (Wildman–Crippen MR) is 90.3 cm³/mol. The molecule has 1 amide bonds. The van der Waals surface area contributed by atoms with Crippen LogP contribution in [0.2, 0.25) is 5.02 Å². The van der Waals surface area contributed by atoms with E-state index in [2.05, 4.69) is 15.5 Å². The lowest BCUT2D eigenvalue weighted by Gasteiger charge is -2.02. The van der Waals surface area contributed by atoms with Gasteiger partial charge in [0, 0.05) is 16.1 Å². The van der Waals surface area contributed by atoms with E-state index in [-0.39, 0.29) is 11.9 Å². The van der Waals surface area contributed by atoms with Crippen LogP contribution < -0.4 is 10.1 Å². The lowest BCUT2D eigenvalue weighted by atomic mass is 10.2. The van der Waals surface area contributed by atoms with E-state index in [9.17, 15) is 4.79 Å². The summed E-state index contributed by atoms with van der Waals surface area (Å²) in [6, 6.07) is 13.8. The maximum atomic E-state index is 12.1. The zero-order valence-electron chi connectivity index (χ0n) is 12.8. The van der Waals surface area contributed by atoms with Crippen molar-refractivity contribution in [2.75, 3.05) is 11.9 Å². The Morgan fingerprint density at radius 3 is 2.71 bits per heavy atom. The van der Waals surface area contributed by atoms with E-state index in [1.54, 1.807) is 36.4 Å². The van der Waals surface area contributed by atoms with Crippen LogP contribution in [0.1, 0.15) is 17.3 Å². The molecule has 1 heterocycles. The van der Waals surface area contributed by atoms with Gasteiger partial charge in [0.05, 0.1) is 6.61 Å². The lowest BCUT2D eigenvalue weighted by Crippen LogP contribution is -2.11. The number of benzene rings is 2. The van der Waals surface area contributed by atoms with E-state index in [0.717, 1.165) is 11.3 Å². The minimum Gasteiger partial charge on any atom is -0.494 e. The number of anilines is 1. The summed E-state index contributed by atoms with van der Waals surface area (Å²) >= 11 is 5.87. The monoisotopic (exact) mass is 343 g/mol. The summed E-state index contributed by atoms with van der Waals surface area (Å²) in [6.45, 7) is 2.51. The fourth-order valence-corrected chi connectivity index (χ4v) is 2.24. The van der Waals surface area contributed by atoms with E-state index < -0.39 is 0 Å². The van der Waals surface area contributed by atoms with Crippen molar-refractivity contribution >= 4 is 23.5 Å². The summed E-state index contributed by atoms with van der Waals surface area (Å²) in [5.41, 5.74) is 1.14. The SMILES string of the molecule is CCOc1ccc(-c2nnc(NC(=O)c3cccc(Cl)c3)o2)cc1. The minimum atomic E-state index is -0.376. The summed E-state index contributed by atoms with van der Waals surface area (Å²) in [6.07, 6.45) is 0. The molecule has 24 heavy (non-hydrogen) atoms. The first-order valence-corrected chi connectivity index (χ1v) is 7.67. The fourth-order valence-electron chi connectivity index (χ4n) is 2.05. The third-order valence-corrected chi connectivity index (χ3v) is 3.38. The molecule has 6 nitrogen and oxygen atoms in total. The number of carbonyl (C=O) groups excluding carboxylic acids is 1. The van der Waals surface area contributed by atoms with E-state index >= 15 is 0 Å². The predicted octanol–water partition coefficient (Wildman–Crippen LogP) is 4.04. The molecule has 0 atom stereocenters. The quantitative estimate of drug-likeness (QED) is 0.756. The lowest BCUT2D eigenvalue weighted by molar-refractivity contribution is 0.102. The van der Waals surface area contributed by atoms with Crippen molar-refractivity contribution in [3.63, 3.8) is 0 Å². The van der Waals surface area contributed by atoms with Gasteiger partial charge < -0.3 is 9.15 Å². The summed E-state index contributed by atoms with van der Waals surface area (Å²) in [5.74, 6) is 0.689. The smallest absolute Gasteiger partial charge is 0.322 e. The molecule has 0 aliphatic heterocycles. The molecule has 3 aromatic rings. The Hall–Kier alpha value is -2.86. The molecular formula is C17H14ClN3O3. The molecule has 122 valence electrons. The molecular weight excluding hydrogens is 330 g/mol. The van der Waals surface area contributed by atoms with E-state index in [4.69, 9.17) is 20.8 Å². The van der Waals surface area contributed by atoms with Crippen molar-refractivity contribution in [3.8, 4) is 17.2 Å². The van der Waals surface area contributed by atoms with Crippen LogP contribution in [0.4, 0.5) is 6.01 Å². The Labute approximate surface area is 143 Å². The maximum Gasteiger partial charge on any atom is 0.322 e. The average Bonchev–Trinajstić information content (AvgIpc) is 3.04. The van der Waals surface area contributed by atoms with E-state index in [1.165, 1.54) is 0 Å². The van der Waals surface area contributed by atoms with Crippen LogP contribution in [0.15, 0.2) is 52.9 Å². The molecule has 0 unspecified atom stereocenters. The first-order valence-electron chi connectivity index (χ1n) is 7.29. The average molecular weight is 344 g/mol. The Morgan fingerprint density at radius 2 is 2.00 bits per heavy atom. The number of rotatable bonds is 5. The van der Waals surface area contributed by atoms with E-state index in [0.29, 0.717) is 23.1 Å². The van der Waals surface area contributed by atoms with Crippen molar-refractivity contribution in [1.29, 1.82) is 0 Å². The second kappa shape index (κ2) is 7.14. The largest absolute Gasteiger partial charge is 0.494 e. The highest BCUT2D eigenvalue weighted by atomic mass is 35.5. The molecule has 0 fully saturated rings. The highest BCUT2D eigenvalue weighted by Crippen LogP contribution is 2.23. The van der Waals surface area contributed by atoms with Crippen molar-refractivity contribution in [2.24, 2.45) is 0 Å². The number of amides is 1. The van der Waals surface area contributed by atoms with Crippen LogP contribution in [-0.2, 0) is 0 Å². The number of nitrogens with zero attached hydrogens (tertiary/aromatic N) is 2. The van der Waals surface area contributed by atoms with Gasteiger partial charge in [0.1, 0.15) is 5.75 Å². The van der Waals surface area contributed by atoms with Crippen LogP contribution in [0, 0.1) is 0 Å². The van der Waals surface area contributed by atoms with Crippen LogP contribution in [0.3, 0.4) is 0 Å². The van der Waals surface area contributed by atoms with Crippen LogP contribution in [-0.4, -0.2) is 22.7 Å². The molecule has 0 saturated carbocycles. The highest BCUT2D eigenvalue weighted by molar-refractivity contribution is 6.31. The topological polar surface area (TPSA) is 77.3 Å². The second-order valence-electron chi connectivity index (χ2n) is 4.83. The minimum absolute atomic E-state index is 0.0175. The first kappa shape index (κ1) is 16.0. The van der Waals surface area contributed by atoms with Crippen LogP contribution in [0.25, 0.3) is 11.5 Å². The van der Waals surface area contributed by atoms with Crippen molar-refractivity contribution < 1.29 is 13.9 Å². The summed E-state index contributed by atoms with van der Waals surface area (Å²) in [4.78, 5) is 12.1. The van der Waals surface area contributed by atoms with Gasteiger partial charge in [0.2, 0.25) is 5.89 Å². The fraction of sp³-hybridized carbons (Fsp3) is 0.118. The molecule has 1 aromatic heterocycles. The standard InChI is InChI=1S/C17H14ClN3O3/c1-2-23-14-8-6-11(7-9-14)16-20-21-17(24-16)19-15(22)12-4-3-5-13(18)10-12/h3-10H,2H2,1H3,(H,19,21,22). The Balaban J connectivity index is 1.72. The molecule has 0 bridgehead atoms. The Bertz CT molecular complexity index is 846. The Morgan fingerprint density at radius 1 is 1.21 bits per heavy atom. The number of ether oxygens (including phenoxy) is 1. The van der Waals surface area contributed by atoms with Gasteiger partial charge in [-0.15, -0.1) is 5.10 Å². The number of carbonyl (C=O) groups is 1. The molecule has 0 saturated heterocycles. The molecule has 2 aromatic carbocycles. The van der Waals surface area contributed by atoms with Gasteiger partial charge in [-0.3, -0.25) is 10.1 Å². The second-order valence-corrected chi connectivity index (χ2v) is 5.27. The van der Waals surface area contributed by atoms with Crippen molar-refractivity contribution in [3.05, 3.63) is 59.1 Å². The molecule has 3 rings (SSSR count). The van der Waals surface area contributed by atoms with E-state index in [1.807, 2.05) is 19.1 Å². The summed E-state index contributed by atoms with van der Waals surface area (Å²) in [7, 11) is 0. The molecule has 1 N–H and O–H groups in total. The van der Waals surface area contributed by atoms with Crippen molar-refractivity contribution in [2.45, 2.75) is 6.92 Å². The third-order valence-electron chi connectivity index (χ3n) is 3.14. The van der Waals surface area contributed by atoms with Gasteiger partial charge in [-0.2, -0.15) is 0 Å². The van der Waals surface area contributed by atoms with Gasteiger partial charge in [0.15, 0.2) is 0 Å². The molecule has 0 radical (unpaired) electrons. The number of hydrogen-bond acceptors (Lipinski definition) is 5. The zero-order chi connectivity index (χ0) is 16.9. The summed E-state index contributed by atoms with van der Waals surface area (Å²) in [5, 5.41) is 10.8. The molecule has 7 heteroatoms. The normalized spacial score (nSPS) is 10.4. The van der Waals surface area contributed by atoms with Crippen LogP contribution in [0.5, 0.6) is 5.75 Å². The molecule has 0 aliphatic rings. The first-order chi connectivity index (χ1) is 11.7. The van der Waals surface area contributed by atoms with Gasteiger partial charge in [-0.1, -0.05) is 22.8 Å². The van der Waals surface area contributed by atoms with Gasteiger partial charge in [-0.05, 0) is 49.4 Å². The summed E-state index contributed by atoms with van der Waals surface area (Å²) < 4.78 is 10.8. The molecule has 0 spiro atoms. The highest BCUT2D eigenvalue weighted by Gasteiger charge is 2.13. The van der Waals surface area contributed by atoms with Gasteiger partial charge >= 0.3 is 6.01 Å². The zero-order valence-corrected chi connectivity index (χ0v) is 13.6. The van der Waals surface area contributed by atoms with Crippen LogP contribution >= 0.6 is 11.6 Å². The number of hydrogen-bond donors (Lipinski definition) is 1. The number of nitrogens with one attached hydrogen (secondary N) is 1. The van der Waals surface area contributed by atoms with Crippen molar-refractivity contribution in [1.82, 2.24) is 10.2 Å². The molecule has 0 aliphatic carbocycles. The number of halogens is 1. The maximum absolute atomic E-state index is 12.1. The Kier molecular flexibility index (Phi) is 4.77. The third kappa shape index (κ3) is 3.72. The van der Waals surface area contributed by atoms with Gasteiger partial charge in [0.25, 0.3) is 5.91 Å².